The van der Waals surface area contributed by atoms with Gasteiger partial charge >= 0.3 is 6.09 Å². The van der Waals surface area contributed by atoms with Crippen LogP contribution in [0.15, 0.2) is 63.9 Å². The Bertz CT molecular complexity index is 1080. The molecule has 1 atom stereocenters. The first kappa shape index (κ1) is 19.6. The van der Waals surface area contributed by atoms with Crippen molar-refractivity contribution in [2.24, 2.45) is 5.14 Å². The Balaban J connectivity index is 2.04. The lowest BCUT2D eigenvalue weighted by Crippen LogP contribution is -2.25. The van der Waals surface area contributed by atoms with Crippen LogP contribution in [-0.4, -0.2) is 31.1 Å². The number of carboxylic acid groups (broad SMARTS) is 1. The molecule has 0 radical (unpaired) electrons. The van der Waals surface area contributed by atoms with Crippen molar-refractivity contribution in [3.8, 4) is 22.6 Å². The molecular weight excluding hydrogens is 382 g/mol. The molecule has 0 spiro atoms. The smallest absolute Gasteiger partial charge is 0.404 e. The molecule has 28 heavy (non-hydrogen) atoms. The fourth-order valence-electron chi connectivity index (χ4n) is 2.66. The van der Waals surface area contributed by atoms with Crippen LogP contribution in [0.2, 0.25) is 0 Å². The molecule has 4 N–H and O–H groups in total. The summed E-state index contributed by atoms with van der Waals surface area (Å²) in [6.07, 6.45) is -1.12. The number of nitrogens with zero attached hydrogens (tertiary/aromatic N) is 1. The van der Waals surface area contributed by atoms with Gasteiger partial charge in [0.05, 0.1) is 10.8 Å². The minimum atomic E-state index is -3.80. The lowest BCUT2D eigenvalue weighted by Gasteiger charge is -2.06. The first-order valence-electron chi connectivity index (χ1n) is 8.42. The molecule has 0 aliphatic rings. The summed E-state index contributed by atoms with van der Waals surface area (Å²) in [6, 6.07) is 15.4. The maximum absolute atomic E-state index is 11.5. The second-order valence-corrected chi connectivity index (χ2v) is 7.81. The zero-order valence-electron chi connectivity index (χ0n) is 15.0. The van der Waals surface area contributed by atoms with Gasteiger partial charge in [0.25, 0.3) is 0 Å². The van der Waals surface area contributed by atoms with Crippen LogP contribution >= 0.6 is 0 Å². The normalized spacial score (nSPS) is 12.5. The fraction of sp³-hybridized carbons (Fsp3) is 0.158. The van der Waals surface area contributed by atoms with E-state index in [9.17, 15) is 13.2 Å². The molecule has 0 aliphatic carbocycles. The molecule has 8 nitrogen and oxygen atoms in total. The molecule has 3 rings (SSSR count). The van der Waals surface area contributed by atoms with Crippen molar-refractivity contribution < 1.29 is 22.7 Å². The monoisotopic (exact) mass is 401 g/mol. The number of amides is 1. The molecule has 1 amide bonds. The van der Waals surface area contributed by atoms with Crippen molar-refractivity contribution in [2.75, 3.05) is 6.54 Å². The van der Waals surface area contributed by atoms with Crippen molar-refractivity contribution in [3.05, 3.63) is 60.5 Å². The van der Waals surface area contributed by atoms with Crippen molar-refractivity contribution in [2.45, 2.75) is 17.7 Å². The molecule has 0 fully saturated rings. The Hall–Kier alpha value is -3.17. The maximum Gasteiger partial charge on any atom is 0.404 e. The standard InChI is InChI=1S/C19H19N3O5S/c1-12(11-21-19(23)24)18-22-16(13-5-3-2-4-6-13)17(27-18)14-7-9-15(10-8-14)28(20,25)26/h2-10,12,21H,11H2,1H3,(H,23,24)(H2,20,25,26). The van der Waals surface area contributed by atoms with Gasteiger partial charge in [0.15, 0.2) is 11.7 Å². The van der Waals surface area contributed by atoms with E-state index in [4.69, 9.17) is 14.7 Å². The number of oxazole rings is 1. The van der Waals surface area contributed by atoms with E-state index in [2.05, 4.69) is 10.3 Å². The predicted molar refractivity (Wildman–Crippen MR) is 103 cm³/mol. The van der Waals surface area contributed by atoms with Crippen LogP contribution < -0.4 is 10.5 Å². The summed E-state index contributed by atoms with van der Waals surface area (Å²) in [5.74, 6) is 0.540. The molecule has 3 aromatic rings. The largest absolute Gasteiger partial charge is 0.465 e. The van der Waals surface area contributed by atoms with Gasteiger partial charge in [-0.3, -0.25) is 0 Å². The average Bonchev–Trinajstić information content (AvgIpc) is 3.12. The fourth-order valence-corrected chi connectivity index (χ4v) is 3.17. The van der Waals surface area contributed by atoms with E-state index in [0.29, 0.717) is 22.9 Å². The summed E-state index contributed by atoms with van der Waals surface area (Å²) in [7, 11) is -3.80. The number of hydrogen-bond acceptors (Lipinski definition) is 5. The first-order valence-corrected chi connectivity index (χ1v) is 9.96. The number of carbonyl (C=O) groups is 1. The third kappa shape index (κ3) is 4.38. The van der Waals surface area contributed by atoms with E-state index in [-0.39, 0.29) is 17.4 Å². The second-order valence-electron chi connectivity index (χ2n) is 6.25. The van der Waals surface area contributed by atoms with Gasteiger partial charge in [0.2, 0.25) is 10.0 Å². The van der Waals surface area contributed by atoms with E-state index in [1.807, 2.05) is 30.3 Å². The van der Waals surface area contributed by atoms with E-state index in [1.54, 1.807) is 19.1 Å². The summed E-state index contributed by atoms with van der Waals surface area (Å²) >= 11 is 0. The third-order valence-electron chi connectivity index (χ3n) is 4.12. The highest BCUT2D eigenvalue weighted by Gasteiger charge is 2.21. The average molecular weight is 401 g/mol. The van der Waals surface area contributed by atoms with E-state index >= 15 is 0 Å². The van der Waals surface area contributed by atoms with Crippen molar-refractivity contribution in [3.63, 3.8) is 0 Å². The second kappa shape index (κ2) is 7.83. The minimum Gasteiger partial charge on any atom is -0.465 e. The van der Waals surface area contributed by atoms with Crippen LogP contribution in [0.25, 0.3) is 22.6 Å². The van der Waals surface area contributed by atoms with Crippen molar-refractivity contribution in [1.29, 1.82) is 0 Å². The Morgan fingerprint density at radius 2 is 1.79 bits per heavy atom. The number of nitrogens with one attached hydrogen (secondary N) is 1. The van der Waals surface area contributed by atoms with Gasteiger partial charge in [0, 0.05) is 17.7 Å². The molecule has 0 saturated carbocycles. The van der Waals surface area contributed by atoms with Crippen LogP contribution in [0.5, 0.6) is 0 Å². The highest BCUT2D eigenvalue weighted by atomic mass is 32.2. The molecule has 146 valence electrons. The molecule has 0 saturated heterocycles. The van der Waals surface area contributed by atoms with E-state index in [0.717, 1.165) is 5.56 Å². The molecule has 0 bridgehead atoms. The van der Waals surface area contributed by atoms with Gasteiger partial charge in [-0.1, -0.05) is 37.3 Å². The number of hydrogen-bond donors (Lipinski definition) is 3. The number of nitrogens with two attached hydrogens (primary N) is 1. The van der Waals surface area contributed by atoms with Crippen LogP contribution in [0.1, 0.15) is 18.7 Å². The Kier molecular flexibility index (Phi) is 5.48. The van der Waals surface area contributed by atoms with Gasteiger partial charge in [-0.05, 0) is 24.3 Å². The third-order valence-corrected chi connectivity index (χ3v) is 5.05. The molecule has 9 heteroatoms. The zero-order chi connectivity index (χ0) is 20.3. The molecular formula is C19H19N3O5S. The van der Waals surface area contributed by atoms with Crippen molar-refractivity contribution >= 4 is 16.1 Å². The van der Waals surface area contributed by atoms with E-state index in [1.165, 1.54) is 12.1 Å². The zero-order valence-corrected chi connectivity index (χ0v) is 15.8. The highest BCUT2D eigenvalue weighted by Crippen LogP contribution is 2.34. The lowest BCUT2D eigenvalue weighted by molar-refractivity contribution is 0.193. The summed E-state index contributed by atoms with van der Waals surface area (Å²) in [6.45, 7) is 1.94. The number of primary sulfonamides is 1. The SMILES string of the molecule is CC(CNC(=O)O)c1nc(-c2ccccc2)c(-c2ccc(S(N)(=O)=O)cc2)o1. The number of aromatic nitrogens is 1. The van der Waals surface area contributed by atoms with Gasteiger partial charge in [-0.15, -0.1) is 0 Å². The topological polar surface area (TPSA) is 136 Å². The number of benzene rings is 2. The summed E-state index contributed by atoms with van der Waals surface area (Å²) in [4.78, 5) is 15.3. The van der Waals surface area contributed by atoms with Crippen molar-refractivity contribution in [1.82, 2.24) is 10.3 Å². The number of sulfonamides is 1. The molecule has 1 heterocycles. The van der Waals surface area contributed by atoms with Crippen LogP contribution in [-0.2, 0) is 10.0 Å². The number of rotatable bonds is 6. The van der Waals surface area contributed by atoms with Gasteiger partial charge in [0.1, 0.15) is 5.69 Å². The lowest BCUT2D eigenvalue weighted by atomic mass is 10.1. The van der Waals surface area contributed by atoms with Crippen LogP contribution in [0.4, 0.5) is 4.79 Å². The molecule has 0 aliphatic heterocycles. The predicted octanol–water partition coefficient (Wildman–Crippen LogP) is 3.03. The van der Waals surface area contributed by atoms with Crippen LogP contribution in [0, 0.1) is 0 Å². The Morgan fingerprint density at radius 3 is 2.36 bits per heavy atom. The maximum atomic E-state index is 11.5. The van der Waals surface area contributed by atoms with E-state index < -0.39 is 16.1 Å². The van der Waals surface area contributed by atoms with Gasteiger partial charge < -0.3 is 14.8 Å². The Morgan fingerprint density at radius 1 is 1.14 bits per heavy atom. The Labute approximate surface area is 162 Å². The molecule has 1 aromatic heterocycles. The quantitative estimate of drug-likeness (QED) is 0.581. The van der Waals surface area contributed by atoms with Crippen LogP contribution in [0.3, 0.4) is 0 Å². The van der Waals surface area contributed by atoms with Gasteiger partial charge in [-0.25, -0.2) is 23.3 Å². The summed E-state index contributed by atoms with van der Waals surface area (Å²) in [5.41, 5.74) is 2.03. The summed E-state index contributed by atoms with van der Waals surface area (Å²) < 4.78 is 28.9. The minimum absolute atomic E-state index is 0.00345. The molecule has 2 aromatic carbocycles. The van der Waals surface area contributed by atoms with Gasteiger partial charge in [-0.2, -0.15) is 0 Å². The molecule has 1 unspecified atom stereocenters. The first-order chi connectivity index (χ1) is 13.3. The highest BCUT2D eigenvalue weighted by molar-refractivity contribution is 7.89. The summed E-state index contributed by atoms with van der Waals surface area (Å²) in [5, 5.41) is 16.3.